The summed E-state index contributed by atoms with van der Waals surface area (Å²) in [6.45, 7) is 8.99. The highest BCUT2D eigenvalue weighted by Crippen LogP contribution is 2.03. The third-order valence-corrected chi connectivity index (χ3v) is 1.96. The van der Waals surface area contributed by atoms with Gasteiger partial charge in [-0.15, -0.1) is 0 Å². The van der Waals surface area contributed by atoms with Crippen LogP contribution in [0.2, 0.25) is 0 Å². The van der Waals surface area contributed by atoms with Gasteiger partial charge in [-0.05, 0) is 19.5 Å². The van der Waals surface area contributed by atoms with Gasteiger partial charge >= 0.3 is 0 Å². The first-order chi connectivity index (χ1) is 5.79. The first kappa shape index (κ1) is 11.4. The van der Waals surface area contributed by atoms with Gasteiger partial charge in [-0.1, -0.05) is 32.1 Å². The molecule has 0 aromatic heterocycles. The van der Waals surface area contributed by atoms with E-state index < -0.39 is 0 Å². The molecular formula is C9H18N2S. The molecule has 0 amide bonds. The van der Waals surface area contributed by atoms with Crippen LogP contribution in [0.3, 0.4) is 0 Å². The molecule has 3 heteroatoms. The molecule has 1 unspecified atom stereocenters. The third kappa shape index (κ3) is 3.72. The minimum atomic E-state index is 0.315. The van der Waals surface area contributed by atoms with Crippen molar-refractivity contribution >= 4 is 17.7 Å². The van der Waals surface area contributed by atoms with Gasteiger partial charge in [-0.2, -0.15) is 0 Å². The molecule has 1 atom stereocenters. The van der Waals surface area contributed by atoms with Crippen LogP contribution in [0.25, 0.3) is 0 Å². The van der Waals surface area contributed by atoms with Crippen molar-refractivity contribution < 1.29 is 0 Å². The third-order valence-electron chi connectivity index (χ3n) is 1.82. The van der Waals surface area contributed by atoms with E-state index in [1.807, 2.05) is 6.20 Å². The molecule has 0 aromatic carbocycles. The quantitative estimate of drug-likeness (QED) is 0.484. The largest absolute Gasteiger partial charge is 0.362 e. The average molecular weight is 186 g/mol. The zero-order chi connectivity index (χ0) is 9.40. The number of rotatable bonds is 7. The highest BCUT2D eigenvalue weighted by atomic mass is 32.1. The molecule has 0 aliphatic rings. The number of nitrogens with one attached hydrogen (secondary N) is 1. The molecule has 0 fully saturated rings. The normalized spacial score (nSPS) is 11.8. The Hall–Kier alpha value is -0.570. The summed E-state index contributed by atoms with van der Waals surface area (Å²) >= 11 is 4.76. The molecule has 0 aliphatic carbocycles. The molecule has 0 rings (SSSR count). The lowest BCUT2D eigenvalue weighted by Gasteiger charge is -2.28. The van der Waals surface area contributed by atoms with E-state index in [0.29, 0.717) is 6.17 Å². The summed E-state index contributed by atoms with van der Waals surface area (Å²) in [5, 5.41) is 3.13. The van der Waals surface area contributed by atoms with Crippen molar-refractivity contribution in [2.45, 2.75) is 32.9 Å². The average Bonchev–Trinajstić information content (AvgIpc) is 2.07. The lowest BCUT2D eigenvalue weighted by atomic mass is 10.2. The molecule has 70 valence electrons. The second-order valence-corrected chi connectivity index (χ2v) is 2.84. The molecule has 1 N–H and O–H groups in total. The molecule has 0 bridgehead atoms. The molecular weight excluding hydrogens is 168 g/mol. The van der Waals surface area contributed by atoms with Crippen LogP contribution >= 0.6 is 12.2 Å². The van der Waals surface area contributed by atoms with Crippen LogP contribution in [-0.2, 0) is 0 Å². The zero-order valence-electron chi connectivity index (χ0n) is 7.92. The van der Waals surface area contributed by atoms with E-state index in [0.717, 1.165) is 19.4 Å². The van der Waals surface area contributed by atoms with Crippen LogP contribution in [0, 0.1) is 0 Å². The Morgan fingerprint density at radius 3 is 2.58 bits per heavy atom. The second-order valence-electron chi connectivity index (χ2n) is 2.60. The Morgan fingerprint density at radius 2 is 2.25 bits per heavy atom. The van der Waals surface area contributed by atoms with Gasteiger partial charge in [0.25, 0.3) is 0 Å². The molecule has 0 heterocycles. The van der Waals surface area contributed by atoms with Crippen LogP contribution in [0.15, 0.2) is 12.8 Å². The van der Waals surface area contributed by atoms with Gasteiger partial charge < -0.3 is 10.2 Å². The van der Waals surface area contributed by atoms with E-state index >= 15 is 0 Å². The Labute approximate surface area is 80.6 Å². The molecule has 0 spiro atoms. The minimum absolute atomic E-state index is 0.315. The van der Waals surface area contributed by atoms with E-state index in [4.69, 9.17) is 12.2 Å². The fraction of sp³-hybridized carbons (Fsp3) is 0.667. The van der Waals surface area contributed by atoms with Crippen molar-refractivity contribution in [3.8, 4) is 0 Å². The highest BCUT2D eigenvalue weighted by molar-refractivity contribution is 7.78. The van der Waals surface area contributed by atoms with Crippen LogP contribution < -0.4 is 5.32 Å². The zero-order valence-corrected chi connectivity index (χ0v) is 8.73. The molecule has 0 saturated carbocycles. The van der Waals surface area contributed by atoms with Gasteiger partial charge in [0.1, 0.15) is 0 Å². The van der Waals surface area contributed by atoms with Crippen LogP contribution in [-0.4, -0.2) is 23.1 Å². The van der Waals surface area contributed by atoms with Crippen LogP contribution in [0.4, 0.5) is 0 Å². The van der Waals surface area contributed by atoms with Gasteiger partial charge in [-0.3, -0.25) is 0 Å². The molecule has 12 heavy (non-hydrogen) atoms. The maximum absolute atomic E-state index is 4.76. The van der Waals surface area contributed by atoms with Gasteiger partial charge in [-0.25, -0.2) is 0 Å². The van der Waals surface area contributed by atoms with E-state index in [2.05, 4.69) is 30.6 Å². The first-order valence-corrected chi connectivity index (χ1v) is 4.85. The minimum Gasteiger partial charge on any atom is -0.362 e. The van der Waals surface area contributed by atoms with Gasteiger partial charge in [0, 0.05) is 6.54 Å². The van der Waals surface area contributed by atoms with E-state index in [-0.39, 0.29) is 0 Å². The van der Waals surface area contributed by atoms with Crippen molar-refractivity contribution in [3.05, 3.63) is 12.8 Å². The lowest BCUT2D eigenvalue weighted by molar-refractivity contribution is 0.258. The topological polar surface area (TPSA) is 15.3 Å². The molecule has 0 saturated heterocycles. The maximum Gasteiger partial charge on any atom is 0.0985 e. The van der Waals surface area contributed by atoms with Crippen molar-refractivity contribution in [2.24, 2.45) is 0 Å². The van der Waals surface area contributed by atoms with Crippen molar-refractivity contribution in [2.75, 3.05) is 6.54 Å². The number of hydrogen-bond donors (Lipinski definition) is 1. The summed E-state index contributed by atoms with van der Waals surface area (Å²) in [6, 6.07) is 0. The fourth-order valence-electron chi connectivity index (χ4n) is 1.17. The van der Waals surface area contributed by atoms with E-state index in [9.17, 15) is 0 Å². The molecule has 0 aromatic rings. The Balaban J connectivity index is 4.03. The van der Waals surface area contributed by atoms with Crippen LogP contribution in [0.5, 0.6) is 0 Å². The smallest absolute Gasteiger partial charge is 0.0985 e. The Kier molecular flexibility index (Phi) is 6.76. The summed E-state index contributed by atoms with van der Waals surface area (Å²) in [6.07, 6.45) is 4.40. The fourth-order valence-corrected chi connectivity index (χ4v) is 1.33. The van der Waals surface area contributed by atoms with E-state index in [1.165, 1.54) is 0 Å². The SMILES string of the molecule is C=CN(CC)C(CCC)NC=S. The van der Waals surface area contributed by atoms with Gasteiger partial charge in [0.15, 0.2) is 0 Å². The van der Waals surface area contributed by atoms with Gasteiger partial charge in [0.2, 0.25) is 0 Å². The maximum atomic E-state index is 4.76. The summed E-state index contributed by atoms with van der Waals surface area (Å²) in [5.74, 6) is 0. The summed E-state index contributed by atoms with van der Waals surface area (Å²) < 4.78 is 0. The highest BCUT2D eigenvalue weighted by Gasteiger charge is 2.09. The van der Waals surface area contributed by atoms with Crippen molar-refractivity contribution in [3.63, 3.8) is 0 Å². The number of nitrogens with zero attached hydrogens (tertiary/aromatic N) is 1. The number of thiocarbonyl (C=S) groups is 1. The van der Waals surface area contributed by atoms with E-state index in [1.54, 1.807) is 5.49 Å². The van der Waals surface area contributed by atoms with Gasteiger partial charge in [0.05, 0.1) is 11.7 Å². The lowest BCUT2D eigenvalue weighted by Crippen LogP contribution is -2.41. The van der Waals surface area contributed by atoms with Crippen molar-refractivity contribution in [1.82, 2.24) is 10.2 Å². The summed E-state index contributed by atoms with van der Waals surface area (Å²) in [7, 11) is 0. The standard InChI is InChI=1S/C9H18N2S/c1-4-7-9(10-8-12)11(5-2)6-3/h5,8-9H,2,4,6-7H2,1,3H3,(H,10,12). The monoisotopic (exact) mass is 186 g/mol. The molecule has 0 radical (unpaired) electrons. The molecule has 0 aliphatic heterocycles. The summed E-state index contributed by atoms with van der Waals surface area (Å²) in [5.41, 5.74) is 1.58. The predicted molar refractivity (Wildman–Crippen MR) is 58.1 cm³/mol. The predicted octanol–water partition coefficient (Wildman–Crippen LogP) is 2.12. The second kappa shape index (κ2) is 7.10. The summed E-state index contributed by atoms with van der Waals surface area (Å²) in [4.78, 5) is 2.15. The van der Waals surface area contributed by atoms with Crippen LogP contribution in [0.1, 0.15) is 26.7 Å². The number of hydrogen-bond acceptors (Lipinski definition) is 2. The van der Waals surface area contributed by atoms with Crippen molar-refractivity contribution in [1.29, 1.82) is 0 Å². The first-order valence-electron chi connectivity index (χ1n) is 4.38. The Bertz CT molecular complexity index is 136. The Morgan fingerprint density at radius 1 is 1.58 bits per heavy atom. The molecule has 2 nitrogen and oxygen atoms in total.